The van der Waals surface area contributed by atoms with Crippen molar-refractivity contribution in [1.29, 1.82) is 5.26 Å². The number of benzene rings is 3. The quantitative estimate of drug-likeness (QED) is 0.731. The van der Waals surface area contributed by atoms with Crippen LogP contribution in [0.5, 0.6) is 0 Å². The van der Waals surface area contributed by atoms with E-state index in [1.54, 1.807) is 18.2 Å². The molecule has 0 heterocycles. The first-order valence-electron chi connectivity index (χ1n) is 6.67. The summed E-state index contributed by atoms with van der Waals surface area (Å²) in [5.74, 6) is -1.66. The Hall–Kier alpha value is -2.90. The summed E-state index contributed by atoms with van der Waals surface area (Å²) in [6, 6.07) is 14.0. The van der Waals surface area contributed by atoms with Crippen molar-refractivity contribution in [3.63, 3.8) is 0 Å². The molecule has 0 aliphatic heterocycles. The molecule has 0 radical (unpaired) electrons. The summed E-state index contributed by atoms with van der Waals surface area (Å²) >= 11 is 6.13. The monoisotopic (exact) mass is 325 g/mol. The number of carbonyl (C=O) groups is 1. The standard InChI is InChI=1S/C18H9ClFNO2/c19-14-2-1-3-15(20)17(14)16-12(9-21)7-5-10-4-6-11(18(22)23)8-13(10)16/h1-8H,(H,22,23). The van der Waals surface area contributed by atoms with Crippen LogP contribution in [-0.2, 0) is 0 Å². The number of aromatic carboxylic acids is 1. The van der Waals surface area contributed by atoms with E-state index >= 15 is 0 Å². The van der Waals surface area contributed by atoms with Crippen molar-refractivity contribution in [3.05, 3.63) is 70.5 Å². The molecule has 0 saturated carbocycles. The van der Waals surface area contributed by atoms with E-state index < -0.39 is 11.8 Å². The van der Waals surface area contributed by atoms with Gasteiger partial charge in [-0.3, -0.25) is 0 Å². The van der Waals surface area contributed by atoms with Gasteiger partial charge in [-0.25, -0.2) is 9.18 Å². The third-order valence-electron chi connectivity index (χ3n) is 3.60. The van der Waals surface area contributed by atoms with Gasteiger partial charge in [-0.05, 0) is 41.1 Å². The number of rotatable bonds is 2. The van der Waals surface area contributed by atoms with E-state index in [2.05, 4.69) is 0 Å². The molecule has 3 aromatic rings. The van der Waals surface area contributed by atoms with Gasteiger partial charge in [-0.1, -0.05) is 29.8 Å². The Bertz CT molecular complexity index is 972. The van der Waals surface area contributed by atoms with Crippen molar-refractivity contribution >= 4 is 28.3 Å². The molecule has 0 atom stereocenters. The summed E-state index contributed by atoms with van der Waals surface area (Å²) in [5.41, 5.74) is 0.684. The average molecular weight is 326 g/mol. The lowest BCUT2D eigenvalue weighted by Gasteiger charge is -2.12. The Labute approximate surface area is 136 Å². The highest BCUT2D eigenvalue weighted by molar-refractivity contribution is 6.34. The second kappa shape index (κ2) is 5.71. The fraction of sp³-hybridized carbons (Fsp3) is 0. The normalized spacial score (nSPS) is 10.5. The van der Waals surface area contributed by atoms with Gasteiger partial charge >= 0.3 is 5.97 Å². The largest absolute Gasteiger partial charge is 0.478 e. The zero-order chi connectivity index (χ0) is 16.6. The molecule has 0 unspecified atom stereocenters. The highest BCUT2D eigenvalue weighted by Crippen LogP contribution is 2.38. The maximum atomic E-state index is 14.3. The minimum absolute atomic E-state index is 0.0568. The maximum absolute atomic E-state index is 14.3. The summed E-state index contributed by atoms with van der Waals surface area (Å²) in [5, 5.41) is 19.9. The number of halogens is 2. The van der Waals surface area contributed by atoms with Gasteiger partial charge in [0.1, 0.15) is 5.82 Å². The van der Waals surface area contributed by atoms with Crippen molar-refractivity contribution in [2.45, 2.75) is 0 Å². The highest BCUT2D eigenvalue weighted by atomic mass is 35.5. The molecule has 23 heavy (non-hydrogen) atoms. The second-order valence-electron chi connectivity index (χ2n) is 4.94. The number of carboxylic acid groups (broad SMARTS) is 1. The first-order valence-corrected chi connectivity index (χ1v) is 7.05. The maximum Gasteiger partial charge on any atom is 0.335 e. The van der Waals surface area contributed by atoms with Gasteiger partial charge in [-0.15, -0.1) is 0 Å². The average Bonchev–Trinajstić information content (AvgIpc) is 2.54. The van der Waals surface area contributed by atoms with Crippen molar-refractivity contribution in [1.82, 2.24) is 0 Å². The molecular formula is C18H9ClFNO2. The molecule has 0 aromatic heterocycles. The molecule has 112 valence electrons. The summed E-state index contributed by atoms with van der Waals surface area (Å²) in [4.78, 5) is 11.2. The predicted octanol–water partition coefficient (Wildman–Crippen LogP) is 4.87. The molecule has 0 aliphatic carbocycles. The van der Waals surface area contributed by atoms with Crippen LogP contribution in [0.3, 0.4) is 0 Å². The zero-order valence-corrected chi connectivity index (χ0v) is 12.4. The van der Waals surface area contributed by atoms with E-state index in [0.717, 1.165) is 0 Å². The van der Waals surface area contributed by atoms with Gasteiger partial charge in [0.05, 0.1) is 22.2 Å². The van der Waals surface area contributed by atoms with Gasteiger partial charge in [0.25, 0.3) is 0 Å². The van der Waals surface area contributed by atoms with Crippen molar-refractivity contribution in [2.75, 3.05) is 0 Å². The first kappa shape index (κ1) is 15.0. The van der Waals surface area contributed by atoms with Crippen LogP contribution in [0.25, 0.3) is 21.9 Å². The third kappa shape index (κ3) is 2.52. The Balaban J connectivity index is 2.49. The number of carboxylic acids is 1. The highest BCUT2D eigenvalue weighted by Gasteiger charge is 2.18. The molecule has 0 spiro atoms. The summed E-state index contributed by atoms with van der Waals surface area (Å²) in [6.45, 7) is 0. The van der Waals surface area contributed by atoms with E-state index in [1.807, 2.05) is 6.07 Å². The molecule has 5 heteroatoms. The number of hydrogen-bond donors (Lipinski definition) is 1. The van der Waals surface area contributed by atoms with E-state index in [0.29, 0.717) is 16.3 Å². The lowest BCUT2D eigenvalue weighted by molar-refractivity contribution is 0.0697. The fourth-order valence-corrected chi connectivity index (χ4v) is 2.81. The molecule has 1 N–H and O–H groups in total. The minimum atomic E-state index is -1.10. The molecule has 0 saturated heterocycles. The van der Waals surface area contributed by atoms with Crippen LogP contribution in [0, 0.1) is 17.1 Å². The van der Waals surface area contributed by atoms with Gasteiger partial charge in [-0.2, -0.15) is 5.26 Å². The number of nitrogens with zero attached hydrogens (tertiary/aromatic N) is 1. The molecular weight excluding hydrogens is 317 g/mol. The van der Waals surface area contributed by atoms with E-state index in [-0.39, 0.29) is 21.7 Å². The van der Waals surface area contributed by atoms with Crippen LogP contribution in [0.4, 0.5) is 4.39 Å². The van der Waals surface area contributed by atoms with Crippen LogP contribution in [0.1, 0.15) is 15.9 Å². The SMILES string of the molecule is N#Cc1ccc2ccc(C(=O)O)cc2c1-c1c(F)cccc1Cl. The molecule has 0 aliphatic rings. The topological polar surface area (TPSA) is 61.1 Å². The van der Waals surface area contributed by atoms with Crippen LogP contribution in [-0.4, -0.2) is 11.1 Å². The summed E-state index contributed by atoms with van der Waals surface area (Å²) in [7, 11) is 0. The molecule has 3 nitrogen and oxygen atoms in total. The Morgan fingerprint density at radius 1 is 1.13 bits per heavy atom. The Morgan fingerprint density at radius 2 is 1.87 bits per heavy atom. The molecule has 3 rings (SSSR count). The molecule has 0 amide bonds. The first-order chi connectivity index (χ1) is 11.0. The van der Waals surface area contributed by atoms with E-state index in [9.17, 15) is 19.6 Å². The smallest absolute Gasteiger partial charge is 0.335 e. The van der Waals surface area contributed by atoms with E-state index in [1.165, 1.54) is 30.3 Å². The lowest BCUT2D eigenvalue weighted by Crippen LogP contribution is -1.97. The number of nitriles is 1. The van der Waals surface area contributed by atoms with Crippen molar-refractivity contribution in [3.8, 4) is 17.2 Å². The lowest BCUT2D eigenvalue weighted by atomic mass is 9.92. The Morgan fingerprint density at radius 3 is 2.52 bits per heavy atom. The third-order valence-corrected chi connectivity index (χ3v) is 3.92. The molecule has 3 aromatic carbocycles. The minimum Gasteiger partial charge on any atom is -0.478 e. The fourth-order valence-electron chi connectivity index (χ4n) is 2.55. The van der Waals surface area contributed by atoms with Gasteiger partial charge in [0, 0.05) is 11.1 Å². The van der Waals surface area contributed by atoms with Crippen molar-refractivity contribution in [2.24, 2.45) is 0 Å². The number of hydrogen-bond acceptors (Lipinski definition) is 2. The van der Waals surface area contributed by atoms with Crippen LogP contribution in [0.15, 0.2) is 48.5 Å². The van der Waals surface area contributed by atoms with Gasteiger partial charge in [0.15, 0.2) is 0 Å². The van der Waals surface area contributed by atoms with Crippen LogP contribution < -0.4 is 0 Å². The van der Waals surface area contributed by atoms with Crippen LogP contribution >= 0.6 is 11.6 Å². The van der Waals surface area contributed by atoms with Crippen molar-refractivity contribution < 1.29 is 14.3 Å². The second-order valence-corrected chi connectivity index (χ2v) is 5.34. The number of fused-ring (bicyclic) bond motifs is 1. The predicted molar refractivity (Wildman–Crippen MR) is 86.0 cm³/mol. The van der Waals surface area contributed by atoms with E-state index in [4.69, 9.17) is 11.6 Å². The Kier molecular flexibility index (Phi) is 3.73. The van der Waals surface area contributed by atoms with Crippen LogP contribution in [0.2, 0.25) is 5.02 Å². The zero-order valence-electron chi connectivity index (χ0n) is 11.7. The summed E-state index contributed by atoms with van der Waals surface area (Å²) < 4.78 is 14.3. The van der Waals surface area contributed by atoms with Gasteiger partial charge in [0.2, 0.25) is 0 Å². The van der Waals surface area contributed by atoms with Gasteiger partial charge < -0.3 is 5.11 Å². The molecule has 0 fully saturated rings. The summed E-state index contributed by atoms with van der Waals surface area (Å²) in [6.07, 6.45) is 0. The molecule has 0 bridgehead atoms.